The smallest absolute Gasteiger partial charge is 0.335 e. The van der Waals surface area contributed by atoms with Gasteiger partial charge in [0.2, 0.25) is 0 Å². The molecule has 0 bridgehead atoms. The third kappa shape index (κ3) is 3.92. The summed E-state index contributed by atoms with van der Waals surface area (Å²) in [5.41, 5.74) is 0.219. The van der Waals surface area contributed by atoms with Crippen molar-refractivity contribution in [3.63, 3.8) is 0 Å². The van der Waals surface area contributed by atoms with Crippen LogP contribution in [-0.2, 0) is 0 Å². The zero-order valence-electron chi connectivity index (χ0n) is 10.7. The summed E-state index contributed by atoms with van der Waals surface area (Å²) in [5, 5.41) is 9.45. The molecule has 0 atom stereocenters. The highest BCUT2D eigenvalue weighted by Crippen LogP contribution is 2.37. The van der Waals surface area contributed by atoms with Crippen LogP contribution >= 0.6 is 56.8 Å². The Bertz CT molecular complexity index is 680. The lowest BCUT2D eigenvalue weighted by Gasteiger charge is -2.12. The minimum absolute atomic E-state index is 0.219. The molecule has 7 heteroatoms. The Morgan fingerprint density at radius 3 is 2.29 bits per heavy atom. The van der Waals surface area contributed by atoms with E-state index in [0.29, 0.717) is 29.4 Å². The van der Waals surface area contributed by atoms with Gasteiger partial charge in [-0.1, -0.05) is 11.6 Å². The van der Waals surface area contributed by atoms with Crippen LogP contribution in [0.15, 0.2) is 30.3 Å². The summed E-state index contributed by atoms with van der Waals surface area (Å²) in [7, 11) is 1.56. The lowest BCUT2D eigenvalue weighted by molar-refractivity contribution is 0.0696. The molecule has 2 rings (SSSR count). The minimum Gasteiger partial charge on any atom is -0.497 e. The third-order valence-corrected chi connectivity index (χ3v) is 4.49. The van der Waals surface area contributed by atoms with Gasteiger partial charge in [0.15, 0.2) is 5.75 Å². The molecule has 0 fully saturated rings. The summed E-state index contributed by atoms with van der Waals surface area (Å²) in [5.74, 6) is 0.725. The number of hydrogen-bond acceptors (Lipinski definition) is 3. The van der Waals surface area contributed by atoms with Gasteiger partial charge in [-0.05, 0) is 69.4 Å². The van der Waals surface area contributed by atoms with E-state index in [1.54, 1.807) is 37.4 Å². The summed E-state index contributed by atoms with van der Waals surface area (Å²) in [6.07, 6.45) is 0. The van der Waals surface area contributed by atoms with E-state index in [1.165, 1.54) is 0 Å². The van der Waals surface area contributed by atoms with Crippen molar-refractivity contribution in [1.82, 2.24) is 0 Å². The van der Waals surface area contributed by atoms with E-state index in [0.717, 1.165) is 0 Å². The van der Waals surface area contributed by atoms with Crippen LogP contribution in [0.4, 0.5) is 0 Å². The fourth-order valence-corrected chi connectivity index (χ4v) is 3.78. The van der Waals surface area contributed by atoms with Crippen LogP contribution in [-0.4, -0.2) is 18.2 Å². The van der Waals surface area contributed by atoms with E-state index in [4.69, 9.17) is 26.2 Å². The molecular formula is C14H9ClI2O4. The van der Waals surface area contributed by atoms with Gasteiger partial charge < -0.3 is 14.6 Å². The van der Waals surface area contributed by atoms with E-state index in [-0.39, 0.29) is 5.56 Å². The van der Waals surface area contributed by atoms with Crippen LogP contribution in [0.25, 0.3) is 0 Å². The molecule has 0 amide bonds. The number of ether oxygens (including phenoxy) is 2. The maximum atomic E-state index is 11.0. The third-order valence-electron chi connectivity index (χ3n) is 2.60. The number of hydrogen-bond donors (Lipinski definition) is 1. The van der Waals surface area contributed by atoms with Gasteiger partial charge >= 0.3 is 5.97 Å². The summed E-state index contributed by atoms with van der Waals surface area (Å²) >= 11 is 10.2. The zero-order valence-corrected chi connectivity index (χ0v) is 15.8. The lowest BCUT2D eigenvalue weighted by Crippen LogP contribution is -2.00. The number of carboxylic acids is 1. The minimum atomic E-state index is -0.972. The Kier molecular flexibility index (Phi) is 5.55. The molecule has 0 aliphatic heterocycles. The van der Waals surface area contributed by atoms with Crippen molar-refractivity contribution in [2.75, 3.05) is 7.11 Å². The van der Waals surface area contributed by atoms with Gasteiger partial charge in [0.1, 0.15) is 11.5 Å². The first-order valence-corrected chi connectivity index (χ1v) is 8.19. The molecule has 0 spiro atoms. The van der Waals surface area contributed by atoms with Gasteiger partial charge in [-0.2, -0.15) is 0 Å². The number of rotatable bonds is 4. The fraction of sp³-hybridized carbons (Fsp3) is 0.0714. The number of carbonyl (C=O) groups is 1. The van der Waals surface area contributed by atoms with Gasteiger partial charge in [-0.25, -0.2) is 4.79 Å². The Morgan fingerprint density at radius 1 is 1.19 bits per heavy atom. The van der Waals surface area contributed by atoms with Crippen molar-refractivity contribution >= 4 is 62.8 Å². The zero-order chi connectivity index (χ0) is 15.6. The molecule has 0 aromatic heterocycles. The van der Waals surface area contributed by atoms with Crippen LogP contribution in [0.5, 0.6) is 17.2 Å². The van der Waals surface area contributed by atoms with Crippen LogP contribution in [0.1, 0.15) is 10.4 Å². The number of halogens is 3. The Morgan fingerprint density at radius 2 is 1.81 bits per heavy atom. The van der Waals surface area contributed by atoms with E-state index in [2.05, 4.69) is 0 Å². The normalized spacial score (nSPS) is 10.3. The van der Waals surface area contributed by atoms with Gasteiger partial charge in [0.05, 0.1) is 24.8 Å². The second-order valence-corrected chi connectivity index (χ2v) is 6.70. The van der Waals surface area contributed by atoms with Crippen LogP contribution in [0.3, 0.4) is 0 Å². The second-order valence-electron chi connectivity index (χ2n) is 3.97. The van der Waals surface area contributed by atoms with Crippen molar-refractivity contribution < 1.29 is 19.4 Å². The van der Waals surface area contributed by atoms with Crippen LogP contribution in [0.2, 0.25) is 5.02 Å². The van der Waals surface area contributed by atoms with Gasteiger partial charge in [0, 0.05) is 6.07 Å². The van der Waals surface area contributed by atoms with Crippen molar-refractivity contribution in [3.8, 4) is 17.2 Å². The first kappa shape index (κ1) is 16.6. The Balaban J connectivity index is 2.38. The molecule has 0 saturated heterocycles. The summed E-state index contributed by atoms with van der Waals surface area (Å²) in [6, 6.07) is 8.21. The van der Waals surface area contributed by atoms with E-state index in [9.17, 15) is 4.79 Å². The predicted octanol–water partition coefficient (Wildman–Crippen LogP) is 5.05. The maximum Gasteiger partial charge on any atom is 0.335 e. The molecule has 0 radical (unpaired) electrons. The number of methoxy groups -OCH3 is 1. The molecule has 0 saturated carbocycles. The first-order chi connectivity index (χ1) is 9.92. The van der Waals surface area contributed by atoms with E-state index >= 15 is 0 Å². The van der Waals surface area contributed by atoms with E-state index < -0.39 is 5.97 Å². The van der Waals surface area contributed by atoms with Crippen molar-refractivity contribution in [3.05, 3.63) is 48.1 Å². The van der Waals surface area contributed by atoms with Crippen molar-refractivity contribution in [1.29, 1.82) is 0 Å². The quantitative estimate of drug-likeness (QED) is 0.563. The highest BCUT2D eigenvalue weighted by Gasteiger charge is 2.15. The van der Waals surface area contributed by atoms with E-state index in [1.807, 2.05) is 45.2 Å². The SMILES string of the molecule is COc1ccc(Oc2c(I)cc(C(=O)O)cc2I)c(Cl)c1. The number of benzene rings is 2. The van der Waals surface area contributed by atoms with Crippen molar-refractivity contribution in [2.24, 2.45) is 0 Å². The molecule has 1 N–H and O–H groups in total. The van der Waals surface area contributed by atoms with Crippen LogP contribution < -0.4 is 9.47 Å². The highest BCUT2D eigenvalue weighted by molar-refractivity contribution is 14.1. The highest BCUT2D eigenvalue weighted by atomic mass is 127. The molecule has 0 aliphatic rings. The summed E-state index contributed by atoms with van der Waals surface area (Å²) in [4.78, 5) is 11.0. The fourth-order valence-electron chi connectivity index (χ4n) is 1.58. The van der Waals surface area contributed by atoms with Gasteiger partial charge in [-0.15, -0.1) is 0 Å². The molecule has 0 aliphatic carbocycles. The molecule has 2 aromatic carbocycles. The predicted molar refractivity (Wildman–Crippen MR) is 96.9 cm³/mol. The van der Waals surface area contributed by atoms with Gasteiger partial charge in [-0.3, -0.25) is 0 Å². The standard InChI is InChI=1S/C14H9ClI2O4/c1-20-8-2-3-12(9(15)6-8)21-13-10(16)4-7(14(18)19)5-11(13)17/h2-6H,1H3,(H,18,19). The number of aromatic carboxylic acids is 1. The van der Waals surface area contributed by atoms with Gasteiger partial charge in [0.25, 0.3) is 0 Å². The average molecular weight is 530 g/mol. The van der Waals surface area contributed by atoms with Crippen molar-refractivity contribution in [2.45, 2.75) is 0 Å². The lowest BCUT2D eigenvalue weighted by atomic mass is 10.2. The molecule has 110 valence electrons. The summed E-state index contributed by atoms with van der Waals surface area (Å²) < 4.78 is 12.3. The molecule has 4 nitrogen and oxygen atoms in total. The molecule has 0 unspecified atom stereocenters. The second kappa shape index (κ2) is 7.01. The summed E-state index contributed by atoms with van der Waals surface area (Å²) in [6.45, 7) is 0. The average Bonchev–Trinajstić information content (AvgIpc) is 2.43. The molecular weight excluding hydrogens is 521 g/mol. The number of carboxylic acid groups (broad SMARTS) is 1. The Labute approximate surface area is 153 Å². The molecule has 0 heterocycles. The maximum absolute atomic E-state index is 11.0. The molecule has 21 heavy (non-hydrogen) atoms. The molecule has 2 aromatic rings. The monoisotopic (exact) mass is 530 g/mol. The first-order valence-electron chi connectivity index (χ1n) is 5.66. The van der Waals surface area contributed by atoms with Crippen LogP contribution in [0, 0.1) is 7.14 Å². The topological polar surface area (TPSA) is 55.8 Å². The largest absolute Gasteiger partial charge is 0.497 e. The Hall–Kier alpha value is -0.740.